The summed E-state index contributed by atoms with van der Waals surface area (Å²) in [6.07, 6.45) is 3.89. The SMILES string of the molecule is Cc1ccc(/C=C/COc2ccc([N+](=O)[O-])cc2)cc1. The van der Waals surface area contributed by atoms with E-state index in [0.29, 0.717) is 12.4 Å². The fourth-order valence-corrected chi connectivity index (χ4v) is 1.67. The topological polar surface area (TPSA) is 52.4 Å². The van der Waals surface area contributed by atoms with E-state index in [1.165, 1.54) is 17.7 Å². The van der Waals surface area contributed by atoms with Crippen molar-refractivity contribution in [1.82, 2.24) is 0 Å². The van der Waals surface area contributed by atoms with Crippen LogP contribution in [0.3, 0.4) is 0 Å². The van der Waals surface area contributed by atoms with Crippen LogP contribution >= 0.6 is 0 Å². The molecule has 0 aliphatic rings. The van der Waals surface area contributed by atoms with Gasteiger partial charge in [-0.1, -0.05) is 35.9 Å². The van der Waals surface area contributed by atoms with Crippen LogP contribution in [0.5, 0.6) is 5.75 Å². The van der Waals surface area contributed by atoms with Gasteiger partial charge in [-0.05, 0) is 30.7 Å². The molecule has 20 heavy (non-hydrogen) atoms. The molecule has 0 spiro atoms. The van der Waals surface area contributed by atoms with Crippen molar-refractivity contribution in [2.75, 3.05) is 6.61 Å². The van der Waals surface area contributed by atoms with Crippen LogP contribution in [0.25, 0.3) is 6.08 Å². The van der Waals surface area contributed by atoms with Crippen LogP contribution in [0.2, 0.25) is 0 Å². The molecule has 0 saturated heterocycles. The average Bonchev–Trinajstić information content (AvgIpc) is 2.46. The number of ether oxygens (including phenoxy) is 1. The van der Waals surface area contributed by atoms with E-state index in [0.717, 1.165) is 5.56 Å². The van der Waals surface area contributed by atoms with E-state index in [-0.39, 0.29) is 5.69 Å². The Morgan fingerprint density at radius 2 is 1.75 bits per heavy atom. The Morgan fingerprint density at radius 1 is 1.10 bits per heavy atom. The normalized spacial score (nSPS) is 10.7. The van der Waals surface area contributed by atoms with Crippen molar-refractivity contribution in [1.29, 1.82) is 0 Å². The van der Waals surface area contributed by atoms with Gasteiger partial charge in [-0.2, -0.15) is 0 Å². The molecule has 0 aliphatic carbocycles. The Hall–Kier alpha value is -2.62. The Balaban J connectivity index is 1.86. The minimum absolute atomic E-state index is 0.0625. The predicted molar refractivity (Wildman–Crippen MR) is 78.8 cm³/mol. The maximum absolute atomic E-state index is 10.5. The third-order valence-electron chi connectivity index (χ3n) is 2.78. The van der Waals surface area contributed by atoms with Gasteiger partial charge in [0.05, 0.1) is 4.92 Å². The lowest BCUT2D eigenvalue weighted by Gasteiger charge is -2.02. The highest BCUT2D eigenvalue weighted by Gasteiger charge is 2.03. The first-order valence-corrected chi connectivity index (χ1v) is 6.25. The number of rotatable bonds is 5. The molecule has 4 heteroatoms. The summed E-state index contributed by atoms with van der Waals surface area (Å²) in [4.78, 5) is 10.1. The van der Waals surface area contributed by atoms with Crippen molar-refractivity contribution in [3.05, 3.63) is 75.8 Å². The molecule has 0 N–H and O–H groups in total. The highest BCUT2D eigenvalue weighted by Crippen LogP contribution is 2.17. The first-order valence-electron chi connectivity index (χ1n) is 6.25. The molecule has 2 rings (SSSR count). The first kappa shape index (κ1) is 13.8. The van der Waals surface area contributed by atoms with Crippen LogP contribution < -0.4 is 4.74 Å². The molecular formula is C16H15NO3. The number of hydrogen-bond donors (Lipinski definition) is 0. The van der Waals surface area contributed by atoms with Gasteiger partial charge in [0.15, 0.2) is 0 Å². The molecule has 0 heterocycles. The van der Waals surface area contributed by atoms with E-state index in [2.05, 4.69) is 12.1 Å². The Kier molecular flexibility index (Phi) is 4.50. The van der Waals surface area contributed by atoms with Gasteiger partial charge in [-0.3, -0.25) is 10.1 Å². The zero-order valence-electron chi connectivity index (χ0n) is 11.2. The van der Waals surface area contributed by atoms with Gasteiger partial charge in [0.25, 0.3) is 5.69 Å². The summed E-state index contributed by atoms with van der Waals surface area (Å²) in [6, 6.07) is 14.2. The maximum atomic E-state index is 10.5. The quantitative estimate of drug-likeness (QED) is 0.609. The van der Waals surface area contributed by atoms with Crippen molar-refractivity contribution < 1.29 is 9.66 Å². The molecule has 2 aromatic rings. The molecule has 2 aromatic carbocycles. The number of nitro groups is 1. The second-order valence-corrected chi connectivity index (χ2v) is 4.38. The van der Waals surface area contributed by atoms with Gasteiger partial charge in [-0.15, -0.1) is 0 Å². The maximum Gasteiger partial charge on any atom is 0.269 e. The van der Waals surface area contributed by atoms with Gasteiger partial charge in [0.1, 0.15) is 12.4 Å². The second-order valence-electron chi connectivity index (χ2n) is 4.38. The van der Waals surface area contributed by atoms with Crippen LogP contribution in [0, 0.1) is 17.0 Å². The van der Waals surface area contributed by atoms with Crippen molar-refractivity contribution in [3.8, 4) is 5.75 Å². The molecular weight excluding hydrogens is 254 g/mol. The van der Waals surface area contributed by atoms with Gasteiger partial charge in [0.2, 0.25) is 0 Å². The highest BCUT2D eigenvalue weighted by atomic mass is 16.6. The molecule has 0 unspecified atom stereocenters. The van der Waals surface area contributed by atoms with E-state index >= 15 is 0 Å². The third-order valence-corrected chi connectivity index (χ3v) is 2.78. The molecule has 102 valence electrons. The van der Waals surface area contributed by atoms with Crippen LogP contribution in [-0.2, 0) is 0 Å². The van der Waals surface area contributed by atoms with E-state index < -0.39 is 4.92 Å². The first-order chi connectivity index (χ1) is 9.65. The number of nitro benzene ring substituents is 1. The molecule has 0 amide bonds. The van der Waals surface area contributed by atoms with Gasteiger partial charge < -0.3 is 4.74 Å². The third kappa shape index (κ3) is 3.95. The Labute approximate surface area is 117 Å². The predicted octanol–water partition coefficient (Wildman–Crippen LogP) is 4.00. The standard InChI is InChI=1S/C16H15NO3/c1-13-4-6-14(7-5-13)3-2-12-20-16-10-8-15(9-11-16)17(18)19/h2-11H,12H2,1H3/b3-2+. The molecule has 0 aromatic heterocycles. The summed E-state index contributed by atoms with van der Waals surface area (Å²) >= 11 is 0. The minimum Gasteiger partial charge on any atom is -0.490 e. The smallest absolute Gasteiger partial charge is 0.269 e. The van der Waals surface area contributed by atoms with Gasteiger partial charge in [0, 0.05) is 12.1 Å². The fraction of sp³-hybridized carbons (Fsp3) is 0.125. The summed E-state index contributed by atoms with van der Waals surface area (Å²) in [5.41, 5.74) is 2.40. The van der Waals surface area contributed by atoms with Crippen LogP contribution in [0.4, 0.5) is 5.69 Å². The molecule has 4 nitrogen and oxygen atoms in total. The summed E-state index contributed by atoms with van der Waals surface area (Å²) in [6.45, 7) is 2.47. The van der Waals surface area contributed by atoms with Gasteiger partial charge in [-0.25, -0.2) is 0 Å². The molecule has 0 atom stereocenters. The van der Waals surface area contributed by atoms with E-state index in [1.54, 1.807) is 12.1 Å². The molecule has 0 radical (unpaired) electrons. The molecule has 0 saturated carbocycles. The minimum atomic E-state index is -0.429. The Bertz CT molecular complexity index is 601. The van der Waals surface area contributed by atoms with Crippen molar-refractivity contribution in [2.45, 2.75) is 6.92 Å². The van der Waals surface area contributed by atoms with E-state index in [9.17, 15) is 10.1 Å². The zero-order chi connectivity index (χ0) is 14.4. The van der Waals surface area contributed by atoms with Crippen LogP contribution in [0.1, 0.15) is 11.1 Å². The number of aryl methyl sites for hydroxylation is 1. The lowest BCUT2D eigenvalue weighted by atomic mass is 10.1. The van der Waals surface area contributed by atoms with Crippen molar-refractivity contribution in [3.63, 3.8) is 0 Å². The number of non-ortho nitro benzene ring substituents is 1. The highest BCUT2D eigenvalue weighted by molar-refractivity contribution is 5.49. The fourth-order valence-electron chi connectivity index (χ4n) is 1.67. The summed E-state index contributed by atoms with van der Waals surface area (Å²) in [5, 5.41) is 10.5. The Morgan fingerprint density at radius 3 is 2.35 bits per heavy atom. The van der Waals surface area contributed by atoms with Gasteiger partial charge >= 0.3 is 0 Å². The summed E-state index contributed by atoms with van der Waals surface area (Å²) < 4.78 is 5.48. The lowest BCUT2D eigenvalue weighted by molar-refractivity contribution is -0.384. The molecule has 0 bridgehead atoms. The van der Waals surface area contributed by atoms with E-state index in [4.69, 9.17) is 4.74 Å². The largest absolute Gasteiger partial charge is 0.490 e. The lowest BCUT2D eigenvalue weighted by Crippen LogP contribution is -1.94. The van der Waals surface area contributed by atoms with Crippen molar-refractivity contribution in [2.24, 2.45) is 0 Å². The second kappa shape index (κ2) is 6.52. The van der Waals surface area contributed by atoms with Crippen LogP contribution in [-0.4, -0.2) is 11.5 Å². The van der Waals surface area contributed by atoms with Crippen molar-refractivity contribution >= 4 is 11.8 Å². The monoisotopic (exact) mass is 269 g/mol. The zero-order valence-corrected chi connectivity index (χ0v) is 11.2. The molecule has 0 aliphatic heterocycles. The summed E-state index contributed by atoms with van der Waals surface area (Å²) in [5.74, 6) is 0.615. The summed E-state index contributed by atoms with van der Waals surface area (Å²) in [7, 11) is 0. The number of hydrogen-bond acceptors (Lipinski definition) is 3. The number of nitrogens with zero attached hydrogens (tertiary/aromatic N) is 1. The number of benzene rings is 2. The molecule has 0 fully saturated rings. The van der Waals surface area contributed by atoms with Crippen LogP contribution in [0.15, 0.2) is 54.6 Å². The van der Waals surface area contributed by atoms with E-state index in [1.807, 2.05) is 31.2 Å². The average molecular weight is 269 g/mol.